The first kappa shape index (κ1) is 29.8. The van der Waals surface area contributed by atoms with Crippen molar-refractivity contribution in [2.24, 2.45) is 17.8 Å². The van der Waals surface area contributed by atoms with Crippen LogP contribution in [0.15, 0.2) is 58.7 Å². The summed E-state index contributed by atoms with van der Waals surface area (Å²) in [7, 11) is 1.25. The number of anilines is 1. The number of fused-ring (bicyclic) bond motifs is 3. The number of Topliss-reactive ketones (excluding diaryl/α,β-unsaturated/α-hetero) is 1. The van der Waals surface area contributed by atoms with Crippen LogP contribution in [-0.4, -0.2) is 45.5 Å². The third-order valence-corrected chi connectivity index (χ3v) is 9.41. The first-order chi connectivity index (χ1) is 20.6. The number of benzene rings is 1. The van der Waals surface area contributed by atoms with Gasteiger partial charge in [-0.1, -0.05) is 35.4 Å². The summed E-state index contributed by atoms with van der Waals surface area (Å²) in [6.07, 6.45) is -1.48. The summed E-state index contributed by atoms with van der Waals surface area (Å²) in [5.74, 6) is -5.35. The van der Waals surface area contributed by atoms with E-state index >= 15 is 0 Å². The summed E-state index contributed by atoms with van der Waals surface area (Å²) < 4.78 is 40.3. The Labute approximate surface area is 255 Å². The Hall–Kier alpha value is -4.25. The summed E-state index contributed by atoms with van der Waals surface area (Å²) in [6.45, 7) is 5.03. The van der Waals surface area contributed by atoms with E-state index in [1.54, 1.807) is 32.9 Å². The second-order valence-electron chi connectivity index (χ2n) is 11.7. The number of pyridine rings is 1. The smallest absolute Gasteiger partial charge is 0.433 e. The highest BCUT2D eigenvalue weighted by Crippen LogP contribution is 2.55. The Morgan fingerprint density at radius 2 is 1.68 bits per heavy atom. The zero-order chi connectivity index (χ0) is 32.0. The van der Waals surface area contributed by atoms with Gasteiger partial charge in [0.1, 0.15) is 11.4 Å². The molecule has 228 valence electrons. The molecule has 2 aromatic rings. The fraction of sp³-hybridized carbons (Fsp3) is 0.344. The van der Waals surface area contributed by atoms with Crippen LogP contribution in [0.2, 0.25) is 5.02 Å². The molecule has 2 heterocycles. The molecule has 3 aliphatic carbocycles. The third-order valence-electron chi connectivity index (χ3n) is 9.11. The van der Waals surface area contributed by atoms with Gasteiger partial charge in [-0.2, -0.15) is 18.2 Å². The lowest BCUT2D eigenvalue weighted by molar-refractivity contribution is -0.141. The summed E-state index contributed by atoms with van der Waals surface area (Å²) in [4.78, 5) is 58.3. The fourth-order valence-corrected chi connectivity index (χ4v) is 7.31. The minimum absolute atomic E-state index is 0.0440. The largest absolute Gasteiger partial charge is 0.507 e. The van der Waals surface area contributed by atoms with E-state index in [0.717, 1.165) is 16.1 Å². The molecule has 8 nitrogen and oxygen atoms in total. The van der Waals surface area contributed by atoms with Crippen molar-refractivity contribution in [2.75, 3.05) is 12.1 Å². The number of phenols is 1. The van der Waals surface area contributed by atoms with Crippen LogP contribution in [0.4, 0.5) is 19.0 Å². The van der Waals surface area contributed by atoms with Crippen molar-refractivity contribution in [1.82, 2.24) is 9.99 Å². The van der Waals surface area contributed by atoms with Crippen molar-refractivity contribution < 1.29 is 37.5 Å². The molecule has 6 rings (SSSR count). The van der Waals surface area contributed by atoms with Crippen molar-refractivity contribution in [1.29, 1.82) is 0 Å². The molecule has 0 spiro atoms. The van der Waals surface area contributed by atoms with E-state index in [1.807, 2.05) is 6.08 Å². The molecule has 1 N–H and O–H groups in total. The van der Waals surface area contributed by atoms with E-state index in [9.17, 15) is 37.5 Å². The number of hydrogen-bond donors (Lipinski definition) is 1. The maximum absolute atomic E-state index is 14.1. The third kappa shape index (κ3) is 4.39. The van der Waals surface area contributed by atoms with Crippen LogP contribution in [0.5, 0.6) is 5.75 Å². The number of hydrogen-bond acceptors (Lipinski definition) is 7. The molecule has 0 unspecified atom stereocenters. The first-order valence-corrected chi connectivity index (χ1v) is 14.3. The summed E-state index contributed by atoms with van der Waals surface area (Å²) in [5.41, 5.74) is 2.19. The molecule has 44 heavy (non-hydrogen) atoms. The molecular formula is C32H27ClF3N3O5. The van der Waals surface area contributed by atoms with E-state index in [1.165, 1.54) is 13.1 Å². The summed E-state index contributed by atoms with van der Waals surface area (Å²) >= 11 is 6.19. The van der Waals surface area contributed by atoms with Gasteiger partial charge >= 0.3 is 6.18 Å². The van der Waals surface area contributed by atoms with E-state index in [-0.39, 0.29) is 40.8 Å². The van der Waals surface area contributed by atoms with Gasteiger partial charge in [0.05, 0.1) is 16.9 Å². The molecule has 2 amide bonds. The molecule has 0 bridgehead atoms. The number of ketones is 2. The second kappa shape index (κ2) is 10.2. The van der Waals surface area contributed by atoms with Crippen LogP contribution in [0.25, 0.3) is 0 Å². The van der Waals surface area contributed by atoms with Crippen LogP contribution in [0, 0.1) is 31.6 Å². The van der Waals surface area contributed by atoms with Crippen LogP contribution < -0.4 is 5.01 Å². The Morgan fingerprint density at radius 1 is 1.02 bits per heavy atom. The van der Waals surface area contributed by atoms with Crippen LogP contribution in [0.1, 0.15) is 48.1 Å². The molecule has 4 atom stereocenters. The number of aryl methyl sites for hydroxylation is 2. The number of imide groups is 1. The van der Waals surface area contributed by atoms with Gasteiger partial charge in [-0.05, 0) is 74.4 Å². The van der Waals surface area contributed by atoms with Crippen LogP contribution in [0.3, 0.4) is 0 Å². The Balaban J connectivity index is 1.45. The predicted octanol–water partition coefficient (Wildman–Crippen LogP) is 5.56. The van der Waals surface area contributed by atoms with E-state index in [4.69, 9.17) is 11.6 Å². The number of halogens is 4. The van der Waals surface area contributed by atoms with Crippen LogP contribution >= 0.6 is 11.6 Å². The number of rotatable bonds is 3. The average molecular weight is 626 g/mol. The first-order valence-electron chi connectivity index (χ1n) is 14.0. The van der Waals surface area contributed by atoms with E-state index in [0.29, 0.717) is 39.5 Å². The number of amides is 2. The molecule has 1 aliphatic heterocycles. The van der Waals surface area contributed by atoms with Gasteiger partial charge in [0.25, 0.3) is 11.8 Å². The molecule has 0 saturated carbocycles. The zero-order valence-electron chi connectivity index (χ0n) is 24.1. The lowest BCUT2D eigenvalue weighted by Gasteiger charge is -2.42. The number of aromatic nitrogens is 1. The topological polar surface area (TPSA) is 108 Å². The monoisotopic (exact) mass is 625 g/mol. The predicted molar refractivity (Wildman–Crippen MR) is 153 cm³/mol. The number of allylic oxidation sites excluding steroid dienone is 6. The number of hydrazine groups is 1. The number of carbonyl (C=O) groups is 4. The highest BCUT2D eigenvalue weighted by atomic mass is 35.5. The van der Waals surface area contributed by atoms with E-state index in [2.05, 4.69) is 4.98 Å². The molecule has 1 aromatic carbocycles. The standard InChI is InChI=1S/C32H27ClF3N3O5/c1-13-9-16(10-14(2)27(13)41)24-17-5-6-18-25(19(17)12-20-22(40)11-15(3)28(42)26(20)24)31(44)39(30(18)43)38(4)29-21(33)7-8-23(37-29)32(34,35)36/h5,7-11,18-19,24-25,41H,6,12H2,1-4H3/t18-,19+,24-,25-/m0/s1. The molecule has 4 aliphatic rings. The number of alkyl halides is 3. The average Bonchev–Trinajstić information content (AvgIpc) is 3.22. The molecule has 12 heteroatoms. The minimum atomic E-state index is -4.78. The van der Waals surface area contributed by atoms with Crippen molar-refractivity contribution >= 4 is 40.8 Å². The van der Waals surface area contributed by atoms with E-state index < -0.39 is 53.2 Å². The maximum Gasteiger partial charge on any atom is 0.433 e. The molecule has 1 fully saturated rings. The number of carbonyl (C=O) groups excluding carboxylic acids is 4. The highest BCUT2D eigenvalue weighted by Gasteiger charge is 2.57. The van der Waals surface area contributed by atoms with Gasteiger partial charge < -0.3 is 5.11 Å². The Morgan fingerprint density at radius 3 is 2.32 bits per heavy atom. The summed E-state index contributed by atoms with van der Waals surface area (Å²) in [5, 5.41) is 12.0. The minimum Gasteiger partial charge on any atom is -0.507 e. The van der Waals surface area contributed by atoms with Crippen molar-refractivity contribution in [3.63, 3.8) is 0 Å². The summed E-state index contributed by atoms with van der Waals surface area (Å²) in [6, 6.07) is 5.22. The van der Waals surface area contributed by atoms with Gasteiger partial charge in [-0.25, -0.2) is 4.98 Å². The fourth-order valence-electron chi connectivity index (χ4n) is 7.09. The maximum atomic E-state index is 14.1. The SMILES string of the molecule is CC1=CC(=O)C2=C(C1=O)[C@@H](c1cc(C)c(O)c(C)c1)C1=CC[C@@H]3C(=O)N(N(C)c4nc(C(F)(F)F)ccc4Cl)C(=O)[C@@H]3[C@@H]1C2. The quantitative estimate of drug-likeness (QED) is 0.270. The van der Waals surface area contributed by atoms with Gasteiger partial charge in [-0.3, -0.25) is 24.2 Å². The van der Waals surface area contributed by atoms with Gasteiger partial charge in [-0.15, -0.1) is 0 Å². The Bertz CT molecular complexity index is 1770. The van der Waals surface area contributed by atoms with Crippen molar-refractivity contribution in [3.05, 3.63) is 86.1 Å². The van der Waals surface area contributed by atoms with Gasteiger partial charge in [0.15, 0.2) is 17.4 Å². The molecule has 0 radical (unpaired) electrons. The van der Waals surface area contributed by atoms with Crippen molar-refractivity contribution in [3.8, 4) is 5.75 Å². The normalized spacial score (nSPS) is 25.0. The lowest BCUT2D eigenvalue weighted by Crippen LogP contribution is -2.46. The second-order valence-corrected chi connectivity index (χ2v) is 12.2. The molecular weight excluding hydrogens is 599 g/mol. The number of phenolic OH excluding ortho intramolecular Hbond substituents is 1. The molecule has 1 aromatic heterocycles. The van der Waals surface area contributed by atoms with Crippen LogP contribution in [-0.2, 0) is 25.4 Å². The number of aromatic hydroxyl groups is 1. The van der Waals surface area contributed by atoms with Gasteiger partial charge in [0.2, 0.25) is 0 Å². The van der Waals surface area contributed by atoms with Crippen molar-refractivity contribution in [2.45, 2.75) is 45.7 Å². The number of nitrogens with zero attached hydrogens (tertiary/aromatic N) is 3. The van der Waals surface area contributed by atoms with Gasteiger partial charge in [0, 0.05) is 29.7 Å². The lowest BCUT2D eigenvalue weighted by atomic mass is 9.59. The zero-order valence-corrected chi connectivity index (χ0v) is 24.9. The highest BCUT2D eigenvalue weighted by molar-refractivity contribution is 6.33. The molecule has 1 saturated heterocycles. The Kier molecular flexibility index (Phi) is 6.88.